The summed E-state index contributed by atoms with van der Waals surface area (Å²) in [6.07, 6.45) is 23.7. The van der Waals surface area contributed by atoms with Crippen molar-refractivity contribution in [2.45, 2.75) is 103 Å². The molecule has 1 aliphatic rings. The maximum absolute atomic E-state index is 11.1. The lowest BCUT2D eigenvalue weighted by Gasteiger charge is -2.36. The Kier molecular flexibility index (Phi) is 12.8. The van der Waals surface area contributed by atoms with Crippen LogP contribution in [0, 0.1) is 0 Å². The molecule has 1 rings (SSSR count). The van der Waals surface area contributed by atoms with E-state index in [9.17, 15) is 9.90 Å². The molecular formula is C23H41N3O2. The summed E-state index contributed by atoms with van der Waals surface area (Å²) in [5.41, 5.74) is 6.07. The molecule has 2 atom stereocenters. The van der Waals surface area contributed by atoms with E-state index in [1.165, 1.54) is 57.8 Å². The molecule has 1 aliphatic heterocycles. The molecule has 0 bridgehead atoms. The van der Waals surface area contributed by atoms with Crippen molar-refractivity contribution in [3.8, 4) is 0 Å². The number of carbonyl (C=O) groups is 1. The predicted molar refractivity (Wildman–Crippen MR) is 115 cm³/mol. The fourth-order valence-corrected chi connectivity index (χ4v) is 3.82. The first-order valence-electron chi connectivity index (χ1n) is 11.3. The highest BCUT2D eigenvalue weighted by molar-refractivity contribution is 5.81. The van der Waals surface area contributed by atoms with E-state index in [4.69, 9.17) is 5.73 Å². The second kappa shape index (κ2) is 14.5. The van der Waals surface area contributed by atoms with Crippen LogP contribution in [-0.2, 0) is 4.79 Å². The lowest BCUT2D eigenvalue weighted by atomic mass is 10.0. The molecule has 0 aliphatic carbocycles. The molecule has 5 heteroatoms. The molecule has 0 aromatic rings. The Balaban J connectivity index is 2.05. The Bertz CT molecular complexity index is 526. The van der Waals surface area contributed by atoms with E-state index in [-0.39, 0.29) is 17.2 Å². The van der Waals surface area contributed by atoms with E-state index >= 15 is 0 Å². The molecule has 0 amide bonds. The van der Waals surface area contributed by atoms with Crippen molar-refractivity contribution in [3.63, 3.8) is 0 Å². The minimum atomic E-state index is -1.09. The van der Waals surface area contributed by atoms with Crippen LogP contribution in [0.3, 0.4) is 0 Å². The highest BCUT2D eigenvalue weighted by Gasteiger charge is 2.38. The fraction of sp³-hybridized carbons (Fsp3) is 0.739. The summed E-state index contributed by atoms with van der Waals surface area (Å²) < 4.78 is 0.108. The Morgan fingerprint density at radius 3 is 2.18 bits per heavy atom. The molecule has 0 fully saturated rings. The summed E-state index contributed by atoms with van der Waals surface area (Å²) in [6.45, 7) is 3.87. The SMILES string of the molecule is CC/C=C/CCCCCCCCCCCCC1=NC=C[N+]1(CC(=O)[O-])C(C)N. The van der Waals surface area contributed by atoms with E-state index in [0.29, 0.717) is 0 Å². The Hall–Kier alpha value is -1.46. The largest absolute Gasteiger partial charge is 0.544 e. The monoisotopic (exact) mass is 391 g/mol. The number of carboxylic acids is 1. The van der Waals surface area contributed by atoms with E-state index < -0.39 is 5.97 Å². The molecular weight excluding hydrogens is 350 g/mol. The topological polar surface area (TPSA) is 78.5 Å². The van der Waals surface area contributed by atoms with Gasteiger partial charge in [0.05, 0.1) is 12.2 Å². The van der Waals surface area contributed by atoms with Gasteiger partial charge in [-0.2, -0.15) is 0 Å². The highest BCUT2D eigenvalue weighted by atomic mass is 16.4. The van der Waals surface area contributed by atoms with Crippen molar-refractivity contribution in [1.82, 2.24) is 0 Å². The van der Waals surface area contributed by atoms with Gasteiger partial charge < -0.3 is 9.90 Å². The Morgan fingerprint density at radius 2 is 1.64 bits per heavy atom. The van der Waals surface area contributed by atoms with Crippen LogP contribution in [0.15, 0.2) is 29.5 Å². The summed E-state index contributed by atoms with van der Waals surface area (Å²) in [4.78, 5) is 15.5. The van der Waals surface area contributed by atoms with Gasteiger partial charge in [-0.25, -0.2) is 9.48 Å². The number of aliphatic carboxylic acids is 1. The van der Waals surface area contributed by atoms with Crippen LogP contribution < -0.4 is 10.8 Å². The van der Waals surface area contributed by atoms with Gasteiger partial charge in [0.15, 0.2) is 0 Å². The lowest BCUT2D eigenvalue weighted by molar-refractivity contribution is -0.808. The van der Waals surface area contributed by atoms with Gasteiger partial charge >= 0.3 is 0 Å². The fourth-order valence-electron chi connectivity index (χ4n) is 3.82. The van der Waals surface area contributed by atoms with Gasteiger partial charge in [0.25, 0.3) is 0 Å². The van der Waals surface area contributed by atoms with Gasteiger partial charge in [0, 0.05) is 13.3 Å². The number of nitrogens with two attached hydrogens (primary N) is 1. The van der Waals surface area contributed by atoms with Gasteiger partial charge in [-0.1, -0.05) is 70.4 Å². The Morgan fingerprint density at radius 1 is 1.07 bits per heavy atom. The molecule has 0 radical (unpaired) electrons. The van der Waals surface area contributed by atoms with Crippen LogP contribution in [0.5, 0.6) is 0 Å². The maximum atomic E-state index is 11.1. The molecule has 1 heterocycles. The highest BCUT2D eigenvalue weighted by Crippen LogP contribution is 2.23. The molecule has 0 aromatic carbocycles. The van der Waals surface area contributed by atoms with Gasteiger partial charge in [0.2, 0.25) is 5.84 Å². The summed E-state index contributed by atoms with van der Waals surface area (Å²) in [5, 5.41) is 11.1. The number of aliphatic imine (C=N–C) groups is 1. The average Bonchev–Trinajstić information content (AvgIpc) is 3.05. The second-order valence-electron chi connectivity index (χ2n) is 8.00. The van der Waals surface area contributed by atoms with Crippen LogP contribution in [0.4, 0.5) is 0 Å². The maximum Gasteiger partial charge on any atom is 0.209 e. The molecule has 0 saturated carbocycles. The third-order valence-corrected chi connectivity index (χ3v) is 5.58. The predicted octanol–water partition coefficient (Wildman–Crippen LogP) is 4.39. The van der Waals surface area contributed by atoms with E-state index in [2.05, 4.69) is 24.1 Å². The lowest BCUT2D eigenvalue weighted by Crippen LogP contribution is -2.60. The summed E-state index contributed by atoms with van der Waals surface area (Å²) in [7, 11) is 0. The molecule has 0 saturated heterocycles. The molecule has 0 spiro atoms. The minimum Gasteiger partial charge on any atom is -0.544 e. The number of carboxylic acid groups (broad SMARTS) is 1. The molecule has 28 heavy (non-hydrogen) atoms. The number of unbranched alkanes of at least 4 members (excludes halogenated alkanes) is 10. The van der Waals surface area contributed by atoms with Gasteiger partial charge in [-0.05, 0) is 25.7 Å². The first-order chi connectivity index (χ1) is 13.5. The summed E-state index contributed by atoms with van der Waals surface area (Å²) in [6, 6.07) is 0. The van der Waals surface area contributed by atoms with Crippen molar-refractivity contribution >= 4 is 11.8 Å². The van der Waals surface area contributed by atoms with Gasteiger partial charge in [0.1, 0.15) is 18.9 Å². The van der Waals surface area contributed by atoms with Crippen molar-refractivity contribution in [3.05, 3.63) is 24.6 Å². The first-order valence-corrected chi connectivity index (χ1v) is 11.3. The van der Waals surface area contributed by atoms with Gasteiger partial charge in [-0.15, -0.1) is 0 Å². The first kappa shape index (κ1) is 24.6. The quantitative estimate of drug-likeness (QED) is 0.227. The third-order valence-electron chi connectivity index (χ3n) is 5.58. The number of rotatable bonds is 17. The molecule has 0 aromatic heterocycles. The van der Waals surface area contributed by atoms with Gasteiger partial charge in [-0.3, -0.25) is 5.73 Å². The zero-order chi connectivity index (χ0) is 20.7. The zero-order valence-electron chi connectivity index (χ0n) is 18.1. The van der Waals surface area contributed by atoms with Crippen LogP contribution >= 0.6 is 0 Å². The van der Waals surface area contributed by atoms with Crippen molar-refractivity contribution in [1.29, 1.82) is 0 Å². The smallest absolute Gasteiger partial charge is 0.209 e. The average molecular weight is 392 g/mol. The van der Waals surface area contributed by atoms with E-state index in [0.717, 1.165) is 31.5 Å². The van der Waals surface area contributed by atoms with Crippen molar-refractivity contribution in [2.75, 3.05) is 6.54 Å². The second-order valence-corrected chi connectivity index (χ2v) is 8.00. The van der Waals surface area contributed by atoms with Crippen LogP contribution in [-0.4, -0.2) is 29.0 Å². The summed E-state index contributed by atoms with van der Waals surface area (Å²) >= 11 is 0. The van der Waals surface area contributed by atoms with Crippen molar-refractivity contribution < 1.29 is 14.4 Å². The normalized spacial score (nSPS) is 20.0. The number of allylic oxidation sites excluding steroid dienone is 2. The van der Waals surface area contributed by atoms with Crippen LogP contribution in [0.1, 0.15) is 97.3 Å². The number of quaternary nitrogens is 1. The number of amidine groups is 1. The molecule has 160 valence electrons. The number of carbonyl (C=O) groups excluding carboxylic acids is 1. The molecule has 2 N–H and O–H groups in total. The van der Waals surface area contributed by atoms with E-state index in [1.807, 2.05) is 6.92 Å². The Labute approximate surface area is 172 Å². The van der Waals surface area contributed by atoms with E-state index in [1.54, 1.807) is 12.4 Å². The van der Waals surface area contributed by atoms with Crippen LogP contribution in [0.25, 0.3) is 0 Å². The number of hydrogen-bond donors (Lipinski definition) is 1. The molecule has 5 nitrogen and oxygen atoms in total. The minimum absolute atomic E-state index is 0.108. The van der Waals surface area contributed by atoms with Crippen molar-refractivity contribution in [2.24, 2.45) is 10.7 Å². The number of hydrogen-bond acceptors (Lipinski definition) is 4. The standard InChI is InChI=1S/C23H41N3O2/c1-3-4-5-6-7-8-9-10-11-12-13-14-15-16-17-22-25-18-19-26(22,21(2)24)20-23(27)28/h4-5,18-19,21H,3,6-17,20,24H2,1-2H3/b5-4+. The van der Waals surface area contributed by atoms with Crippen LogP contribution in [0.2, 0.25) is 0 Å². The zero-order valence-corrected chi connectivity index (χ0v) is 18.1. The molecule has 2 unspecified atom stereocenters. The summed E-state index contributed by atoms with van der Waals surface area (Å²) in [5.74, 6) is -0.234. The third kappa shape index (κ3) is 9.16. The number of nitrogens with zero attached hydrogens (tertiary/aromatic N) is 2.